The van der Waals surface area contributed by atoms with E-state index in [1.807, 2.05) is 32.0 Å². The lowest BCUT2D eigenvalue weighted by atomic mass is 10.2. The van der Waals surface area contributed by atoms with Crippen molar-refractivity contribution in [2.75, 3.05) is 6.61 Å². The van der Waals surface area contributed by atoms with Crippen LogP contribution in [0.3, 0.4) is 0 Å². The van der Waals surface area contributed by atoms with E-state index in [-0.39, 0.29) is 11.2 Å². The Labute approximate surface area is 119 Å². The maximum Gasteiger partial charge on any atom is 0.233 e. The smallest absolute Gasteiger partial charge is 0.233 e. The zero-order valence-corrected chi connectivity index (χ0v) is 12.3. The molecule has 0 aromatic heterocycles. The molecule has 0 radical (unpaired) electrons. The van der Waals surface area contributed by atoms with Gasteiger partial charge in [-0.2, -0.15) is 0 Å². The average Bonchev–Trinajstić information content (AvgIpc) is 3.21. The minimum Gasteiger partial charge on any atom is -0.494 e. The summed E-state index contributed by atoms with van der Waals surface area (Å²) < 4.78 is 5.59. The van der Waals surface area contributed by atoms with Crippen molar-refractivity contribution in [2.24, 2.45) is 0 Å². The van der Waals surface area contributed by atoms with Crippen molar-refractivity contribution in [1.82, 2.24) is 5.32 Å². The number of hydrogen-bond donors (Lipinski definition) is 1. The molecule has 1 saturated carbocycles. The number of carbonyl (C=O) groups excluding carboxylic acids is 1. The fraction of sp³-hybridized carbons (Fsp3) is 0.533. The van der Waals surface area contributed by atoms with Crippen molar-refractivity contribution in [1.29, 1.82) is 0 Å². The maximum absolute atomic E-state index is 11.9. The molecule has 0 aliphatic heterocycles. The summed E-state index contributed by atoms with van der Waals surface area (Å²) in [6.07, 6.45) is 2.27. The Morgan fingerprint density at radius 3 is 2.89 bits per heavy atom. The molecule has 4 heteroatoms. The highest BCUT2D eigenvalue weighted by Gasteiger charge is 2.25. The lowest BCUT2D eigenvalue weighted by Crippen LogP contribution is -2.32. The first-order valence-electron chi connectivity index (χ1n) is 6.83. The maximum atomic E-state index is 11.9. The van der Waals surface area contributed by atoms with Gasteiger partial charge in [0.1, 0.15) is 5.75 Å². The number of ether oxygens (including phenoxy) is 1. The Morgan fingerprint density at radius 2 is 2.21 bits per heavy atom. The number of amides is 1. The highest BCUT2D eigenvalue weighted by molar-refractivity contribution is 7.99. The van der Waals surface area contributed by atoms with Crippen molar-refractivity contribution >= 4 is 17.7 Å². The quantitative estimate of drug-likeness (QED) is 0.834. The third kappa shape index (κ3) is 4.46. The van der Waals surface area contributed by atoms with Gasteiger partial charge in [0.2, 0.25) is 5.91 Å². The summed E-state index contributed by atoms with van der Waals surface area (Å²) in [5.41, 5.74) is 1.15. The van der Waals surface area contributed by atoms with Gasteiger partial charge in [0.05, 0.1) is 11.9 Å². The first-order valence-corrected chi connectivity index (χ1v) is 7.88. The predicted molar refractivity (Wildman–Crippen MR) is 79.5 cm³/mol. The van der Waals surface area contributed by atoms with Gasteiger partial charge >= 0.3 is 0 Å². The SMILES string of the molecule is CCOc1ccccc1CSC(C)C(=O)NC1CC1. The molecule has 104 valence electrons. The number of nitrogens with one attached hydrogen (secondary N) is 1. The highest BCUT2D eigenvalue weighted by atomic mass is 32.2. The van der Waals surface area contributed by atoms with Gasteiger partial charge in [0.25, 0.3) is 0 Å². The first kappa shape index (κ1) is 14.3. The normalized spacial score (nSPS) is 15.9. The van der Waals surface area contributed by atoms with Crippen LogP contribution in [0.1, 0.15) is 32.3 Å². The van der Waals surface area contributed by atoms with E-state index in [1.54, 1.807) is 11.8 Å². The third-order valence-electron chi connectivity index (χ3n) is 3.05. The molecule has 1 unspecified atom stereocenters. The molecule has 1 fully saturated rings. The van der Waals surface area contributed by atoms with Crippen molar-refractivity contribution < 1.29 is 9.53 Å². The number of hydrogen-bond acceptors (Lipinski definition) is 3. The number of benzene rings is 1. The molecule has 0 spiro atoms. The lowest BCUT2D eigenvalue weighted by Gasteiger charge is -2.13. The Kier molecular flexibility index (Phi) is 5.14. The molecular formula is C15H21NO2S. The Balaban J connectivity index is 1.84. The molecule has 1 aliphatic carbocycles. The molecule has 1 aromatic carbocycles. The van der Waals surface area contributed by atoms with Gasteiger partial charge in [-0.1, -0.05) is 18.2 Å². The van der Waals surface area contributed by atoms with E-state index in [0.29, 0.717) is 12.6 Å². The summed E-state index contributed by atoms with van der Waals surface area (Å²) in [4.78, 5) is 11.9. The molecule has 19 heavy (non-hydrogen) atoms. The van der Waals surface area contributed by atoms with Gasteiger partial charge in [-0.3, -0.25) is 4.79 Å². The summed E-state index contributed by atoms with van der Waals surface area (Å²) in [6, 6.07) is 8.46. The summed E-state index contributed by atoms with van der Waals surface area (Å²) in [7, 11) is 0. The van der Waals surface area contributed by atoms with Crippen molar-refractivity contribution in [3.63, 3.8) is 0 Å². The summed E-state index contributed by atoms with van der Waals surface area (Å²) >= 11 is 1.66. The second-order valence-electron chi connectivity index (χ2n) is 4.78. The lowest BCUT2D eigenvalue weighted by molar-refractivity contribution is -0.120. The third-order valence-corrected chi connectivity index (χ3v) is 4.25. The van der Waals surface area contributed by atoms with Gasteiger partial charge in [-0.15, -0.1) is 11.8 Å². The van der Waals surface area contributed by atoms with Gasteiger partial charge in [-0.25, -0.2) is 0 Å². The molecule has 1 N–H and O–H groups in total. The van der Waals surface area contributed by atoms with E-state index in [9.17, 15) is 4.79 Å². The molecule has 3 nitrogen and oxygen atoms in total. The molecule has 1 aromatic rings. The first-order chi connectivity index (χ1) is 9.20. The summed E-state index contributed by atoms with van der Waals surface area (Å²) in [5, 5.41) is 3.02. The number of para-hydroxylation sites is 1. The van der Waals surface area contributed by atoms with Crippen LogP contribution >= 0.6 is 11.8 Å². The topological polar surface area (TPSA) is 38.3 Å². The fourth-order valence-electron chi connectivity index (χ4n) is 1.76. The van der Waals surface area contributed by atoms with Crippen molar-refractivity contribution in [3.05, 3.63) is 29.8 Å². The molecule has 0 heterocycles. The van der Waals surface area contributed by atoms with E-state index in [1.165, 1.54) is 0 Å². The highest BCUT2D eigenvalue weighted by Crippen LogP contribution is 2.26. The molecule has 1 amide bonds. The van der Waals surface area contributed by atoms with Gasteiger partial charge in [-0.05, 0) is 32.8 Å². The number of rotatable bonds is 7. The van der Waals surface area contributed by atoms with Crippen LogP contribution in [-0.4, -0.2) is 23.8 Å². The summed E-state index contributed by atoms with van der Waals surface area (Å²) in [6.45, 7) is 4.61. The van der Waals surface area contributed by atoms with Crippen LogP contribution in [0.5, 0.6) is 5.75 Å². The van der Waals surface area contributed by atoms with Crippen LogP contribution in [0, 0.1) is 0 Å². The van der Waals surface area contributed by atoms with Crippen LogP contribution in [0.25, 0.3) is 0 Å². The Morgan fingerprint density at radius 1 is 1.47 bits per heavy atom. The molecular weight excluding hydrogens is 258 g/mol. The minimum absolute atomic E-state index is 0.0183. The van der Waals surface area contributed by atoms with Gasteiger partial charge < -0.3 is 10.1 Å². The van der Waals surface area contributed by atoms with Crippen LogP contribution < -0.4 is 10.1 Å². The standard InChI is InChI=1S/C15H21NO2S/c1-3-18-14-7-5-4-6-12(14)10-19-11(2)15(17)16-13-8-9-13/h4-7,11,13H,3,8-10H2,1-2H3,(H,16,17). The second kappa shape index (κ2) is 6.85. The number of thioether (sulfide) groups is 1. The Bertz CT molecular complexity index is 432. The molecule has 1 aliphatic rings. The van der Waals surface area contributed by atoms with E-state index < -0.39 is 0 Å². The summed E-state index contributed by atoms with van der Waals surface area (Å²) in [5.74, 6) is 1.88. The van der Waals surface area contributed by atoms with E-state index in [2.05, 4.69) is 11.4 Å². The monoisotopic (exact) mass is 279 g/mol. The van der Waals surface area contributed by atoms with Crippen LogP contribution in [0.4, 0.5) is 0 Å². The molecule has 2 rings (SSSR count). The van der Waals surface area contributed by atoms with E-state index in [4.69, 9.17) is 4.74 Å². The molecule has 1 atom stereocenters. The van der Waals surface area contributed by atoms with Gasteiger partial charge in [0.15, 0.2) is 0 Å². The fourth-order valence-corrected chi connectivity index (χ4v) is 2.64. The van der Waals surface area contributed by atoms with Crippen molar-refractivity contribution in [2.45, 2.75) is 43.7 Å². The molecule has 0 saturated heterocycles. The largest absolute Gasteiger partial charge is 0.494 e. The van der Waals surface area contributed by atoms with Gasteiger partial charge in [0, 0.05) is 17.4 Å². The molecule has 0 bridgehead atoms. The van der Waals surface area contributed by atoms with Crippen LogP contribution in [0.2, 0.25) is 0 Å². The van der Waals surface area contributed by atoms with E-state index in [0.717, 1.165) is 29.9 Å². The Hall–Kier alpha value is -1.16. The predicted octanol–water partition coefficient (Wildman–Crippen LogP) is 2.99. The van der Waals surface area contributed by atoms with Crippen LogP contribution in [-0.2, 0) is 10.5 Å². The minimum atomic E-state index is -0.0183. The van der Waals surface area contributed by atoms with E-state index >= 15 is 0 Å². The second-order valence-corrected chi connectivity index (χ2v) is 6.11. The number of carbonyl (C=O) groups is 1. The zero-order valence-electron chi connectivity index (χ0n) is 11.5. The average molecular weight is 279 g/mol. The van der Waals surface area contributed by atoms with Crippen molar-refractivity contribution in [3.8, 4) is 5.75 Å². The van der Waals surface area contributed by atoms with Crippen LogP contribution in [0.15, 0.2) is 24.3 Å². The zero-order chi connectivity index (χ0) is 13.7.